The van der Waals surface area contributed by atoms with Gasteiger partial charge in [0.15, 0.2) is 0 Å². The van der Waals surface area contributed by atoms with Gasteiger partial charge >= 0.3 is 71.6 Å². The second-order valence-corrected chi connectivity index (χ2v) is 22.8. The Morgan fingerprint density at radius 1 is 0.202 bits per heavy atom. The molecule has 0 aliphatic rings. The summed E-state index contributed by atoms with van der Waals surface area (Å²) in [6, 6.07) is 33.0. The van der Waals surface area contributed by atoms with Crippen molar-refractivity contribution in [3.8, 4) is 11.1 Å². The fourth-order valence-electron chi connectivity index (χ4n) is 9.18. The molecule has 0 bridgehead atoms. The number of halogens is 26. The smallest absolute Gasteiger partial charge is 0.194 e. The predicted octanol–water partition coefficient (Wildman–Crippen LogP) is 17.6. The molecule has 8 rings (SSSR count). The Hall–Kier alpha value is -6.68. The Balaban J connectivity index is 1.58. The number of fused-ring (bicyclic) bond motifs is 2. The van der Waals surface area contributed by atoms with Gasteiger partial charge in [-0.15, -0.1) is 0 Å². The fourth-order valence-corrected chi connectivity index (χ4v) is 14.1. The van der Waals surface area contributed by atoms with E-state index in [9.17, 15) is 61.5 Å². The third-order valence-electron chi connectivity index (χ3n) is 13.4. The molecule has 0 fully saturated rings. The van der Waals surface area contributed by atoms with E-state index in [-0.39, 0.29) is 44.0 Å². The lowest BCUT2D eigenvalue weighted by Crippen LogP contribution is -2.69. The highest BCUT2D eigenvalue weighted by atomic mass is 31.1. The average Bonchev–Trinajstić information content (AvgIpc) is 1.43. The monoisotopic (exact) mass is 1260 g/mol. The van der Waals surface area contributed by atoms with Gasteiger partial charge in [0.05, 0.1) is 0 Å². The standard InChI is InChI=1S/C56H30F26P2/c57-45(58,47(61,62)49(65,66)51(69,70)53(73,74)55(77,78)79)39-25-13-23-37-35(39)27-29-41(83(31-15-5-1-6-16-31)32-17-7-2-8-18-32)43(37)44-38-24-14-26-40(46(59,60)48(63,64)50(67,68)52(71,72)54(75,76)56(80,81)82)36(38)28-30-42(44)84(33-19-9-3-10-20-33)34-21-11-4-12-22-34/h1-30H. The van der Waals surface area contributed by atoms with Crippen LogP contribution >= 0.6 is 15.8 Å². The molecule has 0 amide bonds. The van der Waals surface area contributed by atoms with Crippen LogP contribution in [0, 0.1) is 0 Å². The van der Waals surface area contributed by atoms with Crippen LogP contribution in [0.15, 0.2) is 182 Å². The molecule has 0 nitrogen and oxygen atoms in total. The van der Waals surface area contributed by atoms with Gasteiger partial charge in [0, 0.05) is 11.1 Å². The minimum Gasteiger partial charge on any atom is -0.194 e. The number of hydrogen-bond acceptors (Lipinski definition) is 0. The molecule has 0 spiro atoms. The highest BCUT2D eigenvalue weighted by Gasteiger charge is 2.92. The highest BCUT2D eigenvalue weighted by molar-refractivity contribution is 7.80. The van der Waals surface area contributed by atoms with Crippen molar-refractivity contribution in [3.05, 3.63) is 193 Å². The summed E-state index contributed by atoms with van der Waals surface area (Å²) in [6.45, 7) is 0. The molecule has 0 aliphatic heterocycles. The molecule has 0 radical (unpaired) electrons. The van der Waals surface area contributed by atoms with Gasteiger partial charge < -0.3 is 0 Å². The van der Waals surface area contributed by atoms with Crippen molar-refractivity contribution in [3.63, 3.8) is 0 Å². The summed E-state index contributed by atoms with van der Waals surface area (Å²) >= 11 is 0. The fraction of sp³-hybridized carbons (Fsp3) is 0.214. The van der Waals surface area contributed by atoms with Crippen LogP contribution in [0.4, 0.5) is 114 Å². The number of hydrogen-bond donors (Lipinski definition) is 0. The van der Waals surface area contributed by atoms with Crippen molar-refractivity contribution in [1.82, 2.24) is 0 Å². The molecule has 8 aromatic rings. The molecule has 0 saturated carbocycles. The van der Waals surface area contributed by atoms with Crippen molar-refractivity contribution in [2.24, 2.45) is 0 Å². The molecular weight excluding hydrogens is 1230 g/mol. The van der Waals surface area contributed by atoms with Crippen LogP contribution in [0.3, 0.4) is 0 Å². The Labute approximate surface area is 458 Å². The van der Waals surface area contributed by atoms with E-state index in [0.717, 1.165) is 12.1 Å². The lowest BCUT2D eigenvalue weighted by Gasteiger charge is -2.40. The first kappa shape index (κ1) is 63.3. The summed E-state index contributed by atoms with van der Waals surface area (Å²) in [7, 11) is -4.85. The summed E-state index contributed by atoms with van der Waals surface area (Å²) in [5.74, 6) is -79.6. The Morgan fingerprint density at radius 3 is 0.679 bits per heavy atom. The molecule has 446 valence electrons. The molecule has 8 aromatic carbocycles. The van der Waals surface area contributed by atoms with Crippen LogP contribution in [0.5, 0.6) is 0 Å². The van der Waals surface area contributed by atoms with Gasteiger partial charge in [-0.25, -0.2) is 0 Å². The lowest BCUT2D eigenvalue weighted by atomic mass is 9.85. The van der Waals surface area contributed by atoms with E-state index >= 15 is 52.7 Å². The second-order valence-electron chi connectivity index (χ2n) is 18.5. The molecule has 0 N–H and O–H groups in total. The van der Waals surface area contributed by atoms with E-state index in [0.29, 0.717) is 36.4 Å². The van der Waals surface area contributed by atoms with Gasteiger partial charge in [0.1, 0.15) is 0 Å². The second kappa shape index (κ2) is 21.1. The Bertz CT molecular complexity index is 3360. The topological polar surface area (TPSA) is 0 Å². The number of rotatable bonds is 17. The van der Waals surface area contributed by atoms with Crippen molar-refractivity contribution in [2.75, 3.05) is 0 Å². The normalized spacial score (nSPS) is 14.3. The molecule has 0 aromatic heterocycles. The van der Waals surface area contributed by atoms with Crippen LogP contribution in [0.1, 0.15) is 11.1 Å². The van der Waals surface area contributed by atoms with E-state index in [1.165, 1.54) is 121 Å². The van der Waals surface area contributed by atoms with Gasteiger partial charge in [0.25, 0.3) is 0 Å². The summed E-state index contributed by atoms with van der Waals surface area (Å²) in [5, 5.41) is -4.65. The molecule has 28 heteroatoms. The van der Waals surface area contributed by atoms with E-state index in [1.807, 2.05) is 0 Å². The van der Waals surface area contributed by atoms with Gasteiger partial charge in [0.2, 0.25) is 0 Å². The lowest BCUT2D eigenvalue weighted by molar-refractivity contribution is -0.441. The summed E-state index contributed by atoms with van der Waals surface area (Å²) < 4.78 is 387. The van der Waals surface area contributed by atoms with Crippen molar-refractivity contribution in [2.45, 2.75) is 71.6 Å². The highest BCUT2D eigenvalue weighted by Crippen LogP contribution is 2.65. The molecule has 0 saturated heterocycles. The van der Waals surface area contributed by atoms with Crippen LogP contribution in [0.2, 0.25) is 0 Å². The summed E-state index contributed by atoms with van der Waals surface area (Å²) in [6.07, 6.45) is -15.6. The van der Waals surface area contributed by atoms with Crippen LogP contribution in [0.25, 0.3) is 32.7 Å². The summed E-state index contributed by atoms with van der Waals surface area (Å²) in [4.78, 5) is 0. The van der Waals surface area contributed by atoms with Gasteiger partial charge in [-0.3, -0.25) is 0 Å². The van der Waals surface area contributed by atoms with Crippen molar-refractivity contribution < 1.29 is 114 Å². The van der Waals surface area contributed by atoms with Crippen LogP contribution in [-0.4, -0.2) is 59.7 Å². The summed E-state index contributed by atoms with van der Waals surface area (Å²) in [5.41, 5.74) is -6.56. The Morgan fingerprint density at radius 2 is 0.440 bits per heavy atom. The SMILES string of the molecule is FC(F)(F)C(F)(F)C(F)(F)C(F)(F)C(F)(F)C(F)(F)c1cccc2c(-c3c(P(c4ccccc4)c4ccccc4)ccc4c(C(F)(F)C(F)(F)C(F)(F)C(F)(F)C(F)(F)C(F)(F)F)cccc34)c(P(c3ccccc3)c3ccccc3)ccc12. The van der Waals surface area contributed by atoms with E-state index in [2.05, 4.69) is 0 Å². The van der Waals surface area contributed by atoms with E-state index in [4.69, 9.17) is 0 Å². The minimum absolute atomic E-state index is 0.170. The third-order valence-corrected chi connectivity index (χ3v) is 18.4. The molecule has 84 heavy (non-hydrogen) atoms. The first-order valence-electron chi connectivity index (χ1n) is 23.5. The maximum atomic E-state index is 16.8. The number of alkyl halides is 26. The number of benzene rings is 8. The maximum absolute atomic E-state index is 16.8. The van der Waals surface area contributed by atoms with Gasteiger partial charge in [-0.2, -0.15) is 114 Å². The van der Waals surface area contributed by atoms with Crippen LogP contribution in [-0.2, 0) is 11.8 Å². The van der Waals surface area contributed by atoms with Gasteiger partial charge in [-0.1, -0.05) is 182 Å². The minimum atomic E-state index is -8.37. The van der Waals surface area contributed by atoms with Crippen molar-refractivity contribution >= 4 is 69.2 Å². The molecule has 0 heterocycles. The zero-order valence-electron chi connectivity index (χ0n) is 41.0. The van der Waals surface area contributed by atoms with Crippen LogP contribution < -0.4 is 31.8 Å². The van der Waals surface area contributed by atoms with E-state index in [1.54, 1.807) is 0 Å². The average molecular weight is 1260 g/mol. The molecular formula is C56H30F26P2. The first-order chi connectivity index (χ1) is 38.6. The zero-order chi connectivity index (χ0) is 62.5. The van der Waals surface area contributed by atoms with E-state index < -0.39 is 131 Å². The predicted molar refractivity (Wildman–Crippen MR) is 264 cm³/mol. The third kappa shape index (κ3) is 9.50. The Kier molecular flexibility index (Phi) is 15.9. The van der Waals surface area contributed by atoms with Crippen molar-refractivity contribution in [1.29, 1.82) is 0 Å². The zero-order valence-corrected chi connectivity index (χ0v) is 42.8. The molecule has 0 aliphatic carbocycles. The maximum Gasteiger partial charge on any atom is 0.460 e. The first-order valence-corrected chi connectivity index (χ1v) is 26.1. The molecule has 0 unspecified atom stereocenters. The largest absolute Gasteiger partial charge is 0.460 e. The van der Waals surface area contributed by atoms with Gasteiger partial charge in [-0.05, 0) is 80.3 Å². The molecule has 0 atom stereocenters. The quantitative estimate of drug-likeness (QED) is 0.0630.